The number of pyridine rings is 2. The zero-order valence-electron chi connectivity index (χ0n) is 13.5. The molecule has 5 heteroatoms. The summed E-state index contributed by atoms with van der Waals surface area (Å²) < 4.78 is 2.09. The Morgan fingerprint density at radius 2 is 2.00 bits per heavy atom. The smallest absolute Gasteiger partial charge is 0.139 e. The molecule has 0 saturated heterocycles. The number of aromatic nitrogens is 4. The number of hydrogen-bond acceptors (Lipinski definition) is 3. The fourth-order valence-electron chi connectivity index (χ4n) is 2.81. The van der Waals surface area contributed by atoms with Gasteiger partial charge in [-0.25, -0.2) is 9.97 Å². The van der Waals surface area contributed by atoms with Crippen LogP contribution in [0.25, 0.3) is 27.9 Å². The number of anilines is 1. The molecule has 0 atom stereocenters. The summed E-state index contributed by atoms with van der Waals surface area (Å²) in [6.45, 7) is 6.45. The summed E-state index contributed by atoms with van der Waals surface area (Å²) in [5.74, 6) is 0.998. The van der Waals surface area contributed by atoms with Gasteiger partial charge in [-0.15, -0.1) is 0 Å². The van der Waals surface area contributed by atoms with Crippen LogP contribution in [0.1, 0.15) is 20.8 Å². The highest BCUT2D eigenvalue weighted by atomic mass is 15.2. The predicted molar refractivity (Wildman–Crippen MR) is 93.7 cm³/mol. The standard InChI is InChI=1S/C18H19N5/c1-18(2,3)22-17-15(21-14-8-4-5-10-23(14)17)13-11-20-16-12(13)7-6-9-19-16/h4-11,22H,1-3H3,(H,19,20). The molecule has 0 aliphatic heterocycles. The molecule has 0 aromatic carbocycles. The summed E-state index contributed by atoms with van der Waals surface area (Å²) in [6.07, 6.45) is 5.81. The highest BCUT2D eigenvalue weighted by molar-refractivity contribution is 5.96. The number of aromatic amines is 1. The monoisotopic (exact) mass is 305 g/mol. The minimum atomic E-state index is -0.0646. The molecule has 2 N–H and O–H groups in total. The lowest BCUT2D eigenvalue weighted by molar-refractivity contribution is 0.629. The maximum absolute atomic E-state index is 4.84. The second kappa shape index (κ2) is 4.84. The number of rotatable bonds is 2. The van der Waals surface area contributed by atoms with Crippen molar-refractivity contribution >= 4 is 22.5 Å². The van der Waals surface area contributed by atoms with Gasteiger partial charge in [0.25, 0.3) is 0 Å². The molecule has 0 spiro atoms. The molecule has 0 unspecified atom stereocenters. The van der Waals surface area contributed by atoms with Crippen molar-refractivity contribution in [3.05, 3.63) is 48.9 Å². The van der Waals surface area contributed by atoms with Crippen LogP contribution in [0.2, 0.25) is 0 Å². The van der Waals surface area contributed by atoms with E-state index in [1.807, 2.05) is 36.7 Å². The van der Waals surface area contributed by atoms with E-state index in [1.54, 1.807) is 6.20 Å². The number of hydrogen-bond donors (Lipinski definition) is 2. The van der Waals surface area contributed by atoms with Gasteiger partial charge in [0.1, 0.15) is 22.8 Å². The summed E-state index contributed by atoms with van der Waals surface area (Å²) in [7, 11) is 0. The molecule has 0 radical (unpaired) electrons. The fourth-order valence-corrected chi connectivity index (χ4v) is 2.81. The molecule has 116 valence electrons. The van der Waals surface area contributed by atoms with E-state index < -0.39 is 0 Å². The molecule has 4 rings (SSSR count). The third kappa shape index (κ3) is 2.34. The SMILES string of the molecule is CC(C)(C)Nc1c(-c2c[nH]c3ncccc23)nc2ccccn12. The molecule has 23 heavy (non-hydrogen) atoms. The molecular weight excluding hydrogens is 286 g/mol. The molecule has 5 nitrogen and oxygen atoms in total. The van der Waals surface area contributed by atoms with Crippen LogP contribution in [-0.2, 0) is 0 Å². The van der Waals surface area contributed by atoms with Crippen molar-refractivity contribution < 1.29 is 0 Å². The fraction of sp³-hybridized carbons (Fsp3) is 0.222. The van der Waals surface area contributed by atoms with E-state index in [9.17, 15) is 0 Å². The van der Waals surface area contributed by atoms with E-state index in [0.29, 0.717) is 0 Å². The van der Waals surface area contributed by atoms with Crippen LogP contribution >= 0.6 is 0 Å². The van der Waals surface area contributed by atoms with Crippen molar-refractivity contribution in [2.45, 2.75) is 26.3 Å². The maximum atomic E-state index is 4.84. The second-order valence-electron chi connectivity index (χ2n) is 6.71. The van der Waals surface area contributed by atoms with Gasteiger partial charge < -0.3 is 10.3 Å². The van der Waals surface area contributed by atoms with E-state index >= 15 is 0 Å². The Balaban J connectivity index is 2.01. The van der Waals surface area contributed by atoms with Gasteiger partial charge in [-0.05, 0) is 45.0 Å². The number of imidazole rings is 1. The van der Waals surface area contributed by atoms with Gasteiger partial charge in [0.2, 0.25) is 0 Å². The van der Waals surface area contributed by atoms with Gasteiger partial charge in [-0.2, -0.15) is 0 Å². The first-order valence-corrected chi connectivity index (χ1v) is 7.71. The molecular formula is C18H19N5. The lowest BCUT2D eigenvalue weighted by Gasteiger charge is -2.22. The Labute approximate surface area is 134 Å². The Morgan fingerprint density at radius 3 is 2.83 bits per heavy atom. The normalized spacial score (nSPS) is 12.1. The first kappa shape index (κ1) is 13.8. The molecule has 4 aromatic rings. The largest absolute Gasteiger partial charge is 0.365 e. The van der Waals surface area contributed by atoms with Crippen molar-refractivity contribution in [1.29, 1.82) is 0 Å². The molecule has 0 bridgehead atoms. The van der Waals surface area contributed by atoms with Crippen molar-refractivity contribution in [3.8, 4) is 11.3 Å². The van der Waals surface area contributed by atoms with E-state index in [1.165, 1.54) is 0 Å². The van der Waals surface area contributed by atoms with Crippen molar-refractivity contribution in [2.75, 3.05) is 5.32 Å². The van der Waals surface area contributed by atoms with Crippen LogP contribution in [-0.4, -0.2) is 24.9 Å². The Hall–Kier alpha value is -2.82. The summed E-state index contributed by atoms with van der Waals surface area (Å²) in [5, 5.41) is 4.67. The first-order valence-electron chi connectivity index (χ1n) is 7.71. The first-order chi connectivity index (χ1) is 11.0. The molecule has 4 heterocycles. The molecule has 0 aliphatic rings. The van der Waals surface area contributed by atoms with Gasteiger partial charge in [-0.1, -0.05) is 6.07 Å². The minimum Gasteiger partial charge on any atom is -0.365 e. The zero-order chi connectivity index (χ0) is 16.0. The van der Waals surface area contributed by atoms with Crippen LogP contribution in [0.5, 0.6) is 0 Å². The van der Waals surface area contributed by atoms with Crippen LogP contribution in [0.3, 0.4) is 0 Å². The van der Waals surface area contributed by atoms with Crippen molar-refractivity contribution in [1.82, 2.24) is 19.4 Å². The third-order valence-electron chi connectivity index (χ3n) is 3.73. The summed E-state index contributed by atoms with van der Waals surface area (Å²) in [6, 6.07) is 10.1. The number of H-pyrrole nitrogens is 1. The Morgan fingerprint density at radius 1 is 1.13 bits per heavy atom. The van der Waals surface area contributed by atoms with Crippen LogP contribution < -0.4 is 5.32 Å². The van der Waals surface area contributed by atoms with E-state index in [4.69, 9.17) is 4.98 Å². The number of fused-ring (bicyclic) bond motifs is 2. The molecule has 0 aliphatic carbocycles. The Kier molecular flexibility index (Phi) is 2.91. The summed E-state index contributed by atoms with van der Waals surface area (Å²) >= 11 is 0. The van der Waals surface area contributed by atoms with Gasteiger partial charge >= 0.3 is 0 Å². The number of nitrogens with zero attached hydrogens (tertiary/aromatic N) is 3. The Bertz CT molecular complexity index is 987. The minimum absolute atomic E-state index is 0.0646. The van der Waals surface area contributed by atoms with E-state index in [2.05, 4.69) is 46.5 Å². The van der Waals surface area contributed by atoms with Gasteiger partial charge in [0.05, 0.1) is 0 Å². The van der Waals surface area contributed by atoms with Gasteiger partial charge in [-0.3, -0.25) is 4.40 Å². The van der Waals surface area contributed by atoms with Gasteiger partial charge in [0, 0.05) is 35.1 Å². The highest BCUT2D eigenvalue weighted by Gasteiger charge is 2.21. The van der Waals surface area contributed by atoms with Gasteiger partial charge in [0.15, 0.2) is 0 Å². The van der Waals surface area contributed by atoms with Crippen molar-refractivity contribution in [2.24, 2.45) is 0 Å². The molecule has 0 amide bonds. The summed E-state index contributed by atoms with van der Waals surface area (Å²) in [4.78, 5) is 12.5. The average molecular weight is 305 g/mol. The third-order valence-corrected chi connectivity index (χ3v) is 3.73. The quantitative estimate of drug-likeness (QED) is 0.586. The molecule has 0 fully saturated rings. The zero-order valence-corrected chi connectivity index (χ0v) is 13.5. The lowest BCUT2D eigenvalue weighted by atomic mass is 10.1. The molecule has 0 saturated carbocycles. The average Bonchev–Trinajstić information content (AvgIpc) is 3.08. The highest BCUT2D eigenvalue weighted by Crippen LogP contribution is 2.34. The van der Waals surface area contributed by atoms with Crippen LogP contribution in [0, 0.1) is 0 Å². The maximum Gasteiger partial charge on any atom is 0.139 e. The van der Waals surface area contributed by atoms with Crippen LogP contribution in [0.4, 0.5) is 5.82 Å². The second-order valence-corrected chi connectivity index (χ2v) is 6.71. The van der Waals surface area contributed by atoms with Crippen LogP contribution in [0.15, 0.2) is 48.9 Å². The van der Waals surface area contributed by atoms with E-state index in [-0.39, 0.29) is 5.54 Å². The van der Waals surface area contributed by atoms with E-state index in [0.717, 1.165) is 33.8 Å². The molecule has 4 aromatic heterocycles. The topological polar surface area (TPSA) is 58.0 Å². The lowest BCUT2D eigenvalue weighted by Crippen LogP contribution is -2.27. The summed E-state index contributed by atoms with van der Waals surface area (Å²) in [5.41, 5.74) is 3.73. The predicted octanol–water partition coefficient (Wildman–Crippen LogP) is 4.09. The number of nitrogens with one attached hydrogen (secondary N) is 2. The van der Waals surface area contributed by atoms with Crippen molar-refractivity contribution in [3.63, 3.8) is 0 Å².